The Hall–Kier alpha value is -3.68. The molecule has 5 nitrogen and oxygen atoms in total. The van der Waals surface area contributed by atoms with Crippen LogP contribution in [0, 0.1) is 6.92 Å². The summed E-state index contributed by atoms with van der Waals surface area (Å²) in [5.41, 5.74) is 2.79. The molecule has 0 bridgehead atoms. The molecule has 8 heteroatoms. The second kappa shape index (κ2) is 8.59. The maximum absolute atomic E-state index is 12.8. The average Bonchev–Trinajstić information content (AvgIpc) is 3.22. The van der Waals surface area contributed by atoms with E-state index in [1.165, 1.54) is 10.9 Å². The summed E-state index contributed by atoms with van der Waals surface area (Å²) in [6, 6.07) is 20.1. The Morgan fingerprint density at radius 1 is 0.935 bits per heavy atom. The van der Waals surface area contributed by atoms with Gasteiger partial charge in [-0.15, -0.1) is 10.2 Å². The molecule has 0 unspecified atom stereocenters. The van der Waals surface area contributed by atoms with Gasteiger partial charge in [0.05, 0.1) is 12.1 Å². The topological polar surface area (TPSA) is 52.8 Å². The van der Waals surface area contributed by atoms with Gasteiger partial charge in [-0.1, -0.05) is 36.4 Å². The third-order valence-electron chi connectivity index (χ3n) is 4.80. The smallest absolute Gasteiger partial charge is 0.416 e. The Morgan fingerprint density at radius 3 is 2.45 bits per heavy atom. The summed E-state index contributed by atoms with van der Waals surface area (Å²) in [5, 5.41) is 12.6. The van der Waals surface area contributed by atoms with E-state index >= 15 is 0 Å². The number of tetrazole rings is 1. The van der Waals surface area contributed by atoms with Crippen molar-refractivity contribution in [2.75, 3.05) is 0 Å². The Labute approximate surface area is 177 Å². The number of rotatable bonds is 6. The van der Waals surface area contributed by atoms with E-state index in [1.54, 1.807) is 30.3 Å². The van der Waals surface area contributed by atoms with Crippen LogP contribution < -0.4 is 4.74 Å². The van der Waals surface area contributed by atoms with Crippen molar-refractivity contribution in [1.82, 2.24) is 20.2 Å². The van der Waals surface area contributed by atoms with Crippen LogP contribution in [0.2, 0.25) is 0 Å². The van der Waals surface area contributed by atoms with Crippen LogP contribution >= 0.6 is 0 Å². The van der Waals surface area contributed by atoms with Crippen molar-refractivity contribution in [1.29, 1.82) is 0 Å². The zero-order chi connectivity index (χ0) is 21.8. The number of ether oxygens (including phenoxy) is 1. The normalized spacial score (nSPS) is 11.5. The van der Waals surface area contributed by atoms with Crippen LogP contribution in [0.5, 0.6) is 5.75 Å². The highest BCUT2D eigenvalue weighted by Crippen LogP contribution is 2.30. The van der Waals surface area contributed by atoms with Crippen molar-refractivity contribution in [2.24, 2.45) is 0 Å². The van der Waals surface area contributed by atoms with E-state index < -0.39 is 11.7 Å². The number of nitrogens with zero attached hydrogens (tertiary/aromatic N) is 4. The lowest BCUT2D eigenvalue weighted by Gasteiger charge is -2.10. The summed E-state index contributed by atoms with van der Waals surface area (Å²) < 4.78 is 44.1. The summed E-state index contributed by atoms with van der Waals surface area (Å²) >= 11 is 0. The van der Waals surface area contributed by atoms with Crippen molar-refractivity contribution in [2.45, 2.75) is 26.3 Å². The largest absolute Gasteiger partial charge is 0.489 e. The van der Waals surface area contributed by atoms with Crippen molar-refractivity contribution in [3.05, 3.63) is 95.1 Å². The van der Waals surface area contributed by atoms with Crippen LogP contribution in [0.3, 0.4) is 0 Å². The van der Waals surface area contributed by atoms with Crippen molar-refractivity contribution >= 4 is 0 Å². The number of hydrogen-bond donors (Lipinski definition) is 0. The Balaban J connectivity index is 1.40. The van der Waals surface area contributed by atoms with E-state index in [0.717, 1.165) is 28.8 Å². The van der Waals surface area contributed by atoms with E-state index in [1.807, 2.05) is 31.2 Å². The van der Waals surface area contributed by atoms with E-state index in [4.69, 9.17) is 4.74 Å². The molecule has 0 saturated heterocycles. The highest BCUT2D eigenvalue weighted by Gasteiger charge is 2.30. The SMILES string of the molecule is Cc1ccccc1Cn1nnc(-c2ccc(OCc3cccc(C(F)(F)F)c3)cc2)n1. The van der Waals surface area contributed by atoms with Crippen LogP contribution in [0.4, 0.5) is 13.2 Å². The summed E-state index contributed by atoms with van der Waals surface area (Å²) in [4.78, 5) is 1.54. The van der Waals surface area contributed by atoms with Gasteiger partial charge in [0.1, 0.15) is 12.4 Å². The molecule has 0 atom stereocenters. The number of alkyl halides is 3. The van der Waals surface area contributed by atoms with Gasteiger partial charge in [0.2, 0.25) is 5.82 Å². The van der Waals surface area contributed by atoms with Crippen LogP contribution in [0.25, 0.3) is 11.4 Å². The second-order valence-corrected chi connectivity index (χ2v) is 7.08. The summed E-state index contributed by atoms with van der Waals surface area (Å²) in [7, 11) is 0. The van der Waals surface area contributed by atoms with Gasteiger partial charge in [0, 0.05) is 5.56 Å². The molecule has 0 aliphatic rings. The third kappa shape index (κ3) is 5.09. The van der Waals surface area contributed by atoms with Crippen LogP contribution in [-0.4, -0.2) is 20.2 Å². The van der Waals surface area contributed by atoms with Crippen molar-refractivity contribution < 1.29 is 17.9 Å². The fraction of sp³-hybridized carbons (Fsp3) is 0.174. The van der Waals surface area contributed by atoms with Crippen molar-refractivity contribution in [3.8, 4) is 17.1 Å². The van der Waals surface area contributed by atoms with Gasteiger partial charge < -0.3 is 4.74 Å². The minimum absolute atomic E-state index is 0.0358. The molecule has 4 aromatic rings. The first kappa shape index (κ1) is 20.6. The Morgan fingerprint density at radius 2 is 1.71 bits per heavy atom. The molecule has 0 amide bonds. The Bertz CT molecular complexity index is 1170. The van der Waals surface area contributed by atoms with E-state index in [0.29, 0.717) is 23.7 Å². The maximum atomic E-state index is 12.8. The number of benzene rings is 3. The summed E-state index contributed by atoms with van der Waals surface area (Å²) in [6.07, 6.45) is -4.37. The van der Waals surface area contributed by atoms with Crippen LogP contribution in [0.1, 0.15) is 22.3 Å². The molecule has 158 valence electrons. The maximum Gasteiger partial charge on any atom is 0.416 e. The van der Waals surface area contributed by atoms with Crippen LogP contribution in [0.15, 0.2) is 72.8 Å². The summed E-state index contributed by atoms with van der Waals surface area (Å²) in [5.74, 6) is 1.02. The van der Waals surface area contributed by atoms with E-state index in [-0.39, 0.29) is 6.61 Å². The van der Waals surface area contributed by atoms with Gasteiger partial charge in [-0.3, -0.25) is 0 Å². The number of halogens is 3. The van der Waals surface area contributed by atoms with E-state index in [9.17, 15) is 13.2 Å². The quantitative estimate of drug-likeness (QED) is 0.422. The van der Waals surface area contributed by atoms with Gasteiger partial charge >= 0.3 is 6.18 Å². The monoisotopic (exact) mass is 424 g/mol. The molecule has 31 heavy (non-hydrogen) atoms. The van der Waals surface area contributed by atoms with Crippen molar-refractivity contribution in [3.63, 3.8) is 0 Å². The fourth-order valence-corrected chi connectivity index (χ4v) is 3.07. The molecule has 0 N–H and O–H groups in total. The minimum atomic E-state index is -4.37. The first-order chi connectivity index (χ1) is 14.9. The van der Waals surface area contributed by atoms with Gasteiger partial charge in [-0.25, -0.2) is 0 Å². The van der Waals surface area contributed by atoms with Gasteiger partial charge in [0.15, 0.2) is 0 Å². The molecule has 4 rings (SSSR count). The van der Waals surface area contributed by atoms with Crippen LogP contribution in [-0.2, 0) is 19.3 Å². The van der Waals surface area contributed by atoms with Gasteiger partial charge in [-0.05, 0) is 65.2 Å². The predicted molar refractivity (Wildman–Crippen MR) is 109 cm³/mol. The number of aromatic nitrogens is 4. The lowest BCUT2D eigenvalue weighted by atomic mass is 10.1. The molecular formula is C23H19F3N4O. The zero-order valence-corrected chi connectivity index (χ0v) is 16.7. The molecule has 1 aromatic heterocycles. The summed E-state index contributed by atoms with van der Waals surface area (Å²) in [6.45, 7) is 2.59. The molecule has 0 spiro atoms. The zero-order valence-electron chi connectivity index (χ0n) is 16.7. The first-order valence-corrected chi connectivity index (χ1v) is 9.60. The van der Waals surface area contributed by atoms with Gasteiger partial charge in [-0.2, -0.15) is 18.0 Å². The predicted octanol–water partition coefficient (Wildman–Crippen LogP) is 5.29. The highest BCUT2D eigenvalue weighted by atomic mass is 19.4. The lowest BCUT2D eigenvalue weighted by Crippen LogP contribution is -2.06. The minimum Gasteiger partial charge on any atom is -0.489 e. The van der Waals surface area contributed by atoms with E-state index in [2.05, 4.69) is 15.4 Å². The standard InChI is InChI=1S/C23H19F3N4O/c1-16-5-2-3-7-19(16)14-30-28-22(27-29-30)18-9-11-21(12-10-18)31-15-17-6-4-8-20(13-17)23(24,25)26/h2-13H,14-15H2,1H3. The lowest BCUT2D eigenvalue weighted by molar-refractivity contribution is -0.137. The Kier molecular flexibility index (Phi) is 5.70. The molecule has 3 aromatic carbocycles. The fourth-order valence-electron chi connectivity index (χ4n) is 3.07. The molecule has 1 heterocycles. The van der Waals surface area contributed by atoms with Gasteiger partial charge in [0.25, 0.3) is 0 Å². The molecule has 0 saturated carbocycles. The number of hydrogen-bond acceptors (Lipinski definition) is 4. The molecule has 0 fully saturated rings. The molecule has 0 radical (unpaired) electrons. The first-order valence-electron chi connectivity index (χ1n) is 9.60. The third-order valence-corrected chi connectivity index (χ3v) is 4.80. The molecular weight excluding hydrogens is 405 g/mol. The second-order valence-electron chi connectivity index (χ2n) is 7.08. The average molecular weight is 424 g/mol. The molecule has 0 aliphatic heterocycles. The highest BCUT2D eigenvalue weighted by molar-refractivity contribution is 5.55. The molecule has 0 aliphatic carbocycles. The number of aryl methyl sites for hydroxylation is 1.